The Morgan fingerprint density at radius 1 is 1.18 bits per heavy atom. The van der Waals surface area contributed by atoms with Gasteiger partial charge in [0.15, 0.2) is 0 Å². The molecule has 2 rings (SSSR count). The van der Waals surface area contributed by atoms with Gasteiger partial charge in [0.1, 0.15) is 0 Å². The van der Waals surface area contributed by atoms with Gasteiger partial charge in [0.2, 0.25) is 0 Å². The van der Waals surface area contributed by atoms with Crippen LogP contribution in [0, 0.1) is 17.8 Å². The van der Waals surface area contributed by atoms with Crippen molar-refractivity contribution in [2.45, 2.75) is 58.5 Å². The summed E-state index contributed by atoms with van der Waals surface area (Å²) in [5.41, 5.74) is 1.54. The summed E-state index contributed by atoms with van der Waals surface area (Å²) in [5, 5.41) is 10.1. The topological polar surface area (TPSA) is 20.2 Å². The quantitative estimate of drug-likeness (QED) is 0.780. The molecule has 1 fully saturated rings. The third kappa shape index (κ3) is 3.22. The summed E-state index contributed by atoms with van der Waals surface area (Å²) in [6.07, 6.45) is 14.7. The van der Waals surface area contributed by atoms with Crippen LogP contribution in [0.5, 0.6) is 0 Å². The molecule has 96 valence electrons. The molecule has 1 nitrogen and oxygen atoms in total. The number of hydrogen-bond acceptors (Lipinski definition) is 1. The van der Waals surface area contributed by atoms with Gasteiger partial charge in [0.25, 0.3) is 0 Å². The molecule has 2 aliphatic rings. The molecule has 0 aromatic heterocycles. The molecular weight excluding hydrogens is 208 g/mol. The molecular formula is C16H26O. The van der Waals surface area contributed by atoms with Gasteiger partial charge in [-0.3, -0.25) is 0 Å². The Hall–Kier alpha value is -0.560. The average Bonchev–Trinajstić information content (AvgIpc) is 2.39. The Morgan fingerprint density at radius 3 is 2.41 bits per heavy atom. The molecule has 0 spiro atoms. The molecule has 2 unspecified atom stereocenters. The molecule has 2 aliphatic carbocycles. The summed E-state index contributed by atoms with van der Waals surface area (Å²) in [7, 11) is 0. The molecule has 0 aromatic rings. The van der Waals surface area contributed by atoms with E-state index in [1.54, 1.807) is 0 Å². The first-order valence-electron chi connectivity index (χ1n) is 7.25. The molecule has 0 saturated heterocycles. The second-order valence-corrected chi connectivity index (χ2v) is 6.03. The summed E-state index contributed by atoms with van der Waals surface area (Å²) in [6, 6.07) is 0. The van der Waals surface area contributed by atoms with Crippen molar-refractivity contribution in [2.24, 2.45) is 17.8 Å². The molecule has 1 heteroatoms. The molecule has 0 aliphatic heterocycles. The lowest BCUT2D eigenvalue weighted by atomic mass is 9.79. The molecule has 1 saturated carbocycles. The fourth-order valence-corrected chi connectivity index (χ4v) is 3.14. The average molecular weight is 234 g/mol. The van der Waals surface area contributed by atoms with E-state index in [0.717, 1.165) is 12.3 Å². The van der Waals surface area contributed by atoms with E-state index in [9.17, 15) is 5.11 Å². The van der Waals surface area contributed by atoms with E-state index >= 15 is 0 Å². The second kappa shape index (κ2) is 5.86. The number of aliphatic hydroxyl groups is 1. The minimum absolute atomic E-state index is 0.185. The first kappa shape index (κ1) is 12.9. The maximum absolute atomic E-state index is 10.1. The number of hydrogen-bond donors (Lipinski definition) is 1. The van der Waals surface area contributed by atoms with Crippen LogP contribution in [0.15, 0.2) is 23.8 Å². The van der Waals surface area contributed by atoms with Crippen LogP contribution in [0.4, 0.5) is 0 Å². The van der Waals surface area contributed by atoms with Gasteiger partial charge in [-0.05, 0) is 36.7 Å². The Morgan fingerprint density at radius 2 is 1.88 bits per heavy atom. The summed E-state index contributed by atoms with van der Waals surface area (Å²) in [5.74, 6) is 1.49. The molecule has 0 aromatic carbocycles. The highest BCUT2D eigenvalue weighted by atomic mass is 16.3. The highest BCUT2D eigenvalue weighted by Gasteiger charge is 2.23. The van der Waals surface area contributed by atoms with E-state index in [2.05, 4.69) is 32.1 Å². The van der Waals surface area contributed by atoms with Crippen molar-refractivity contribution in [3.05, 3.63) is 23.8 Å². The van der Waals surface area contributed by atoms with E-state index < -0.39 is 0 Å². The minimum atomic E-state index is -0.185. The SMILES string of the molecule is CC(C)C(O)C1C=CC(C2CCCCC2)=CC1. The van der Waals surface area contributed by atoms with E-state index in [-0.39, 0.29) is 6.10 Å². The highest BCUT2D eigenvalue weighted by molar-refractivity contribution is 5.27. The van der Waals surface area contributed by atoms with E-state index in [1.807, 2.05) is 0 Å². The van der Waals surface area contributed by atoms with Gasteiger partial charge < -0.3 is 5.11 Å². The summed E-state index contributed by atoms with van der Waals surface area (Å²) in [6.45, 7) is 4.19. The van der Waals surface area contributed by atoms with Crippen LogP contribution in [-0.4, -0.2) is 11.2 Å². The lowest BCUT2D eigenvalue weighted by Crippen LogP contribution is -2.25. The smallest absolute Gasteiger partial charge is 0.0628 e. The Bertz CT molecular complexity index is 295. The largest absolute Gasteiger partial charge is 0.392 e. The van der Waals surface area contributed by atoms with Gasteiger partial charge in [-0.2, -0.15) is 0 Å². The maximum atomic E-state index is 10.1. The van der Waals surface area contributed by atoms with Gasteiger partial charge in [-0.25, -0.2) is 0 Å². The van der Waals surface area contributed by atoms with Crippen LogP contribution in [0.3, 0.4) is 0 Å². The van der Waals surface area contributed by atoms with Crippen molar-refractivity contribution < 1.29 is 5.11 Å². The Balaban J connectivity index is 1.91. The lowest BCUT2D eigenvalue weighted by Gasteiger charge is -2.28. The summed E-state index contributed by atoms with van der Waals surface area (Å²) >= 11 is 0. The first-order valence-corrected chi connectivity index (χ1v) is 7.25. The van der Waals surface area contributed by atoms with Crippen molar-refractivity contribution in [3.8, 4) is 0 Å². The number of rotatable bonds is 3. The molecule has 17 heavy (non-hydrogen) atoms. The van der Waals surface area contributed by atoms with Gasteiger partial charge in [-0.1, -0.05) is 51.3 Å². The van der Waals surface area contributed by atoms with Crippen molar-refractivity contribution in [2.75, 3.05) is 0 Å². The zero-order chi connectivity index (χ0) is 12.3. The van der Waals surface area contributed by atoms with Crippen molar-refractivity contribution >= 4 is 0 Å². The third-order valence-corrected chi connectivity index (χ3v) is 4.36. The molecule has 0 heterocycles. The van der Waals surface area contributed by atoms with Crippen LogP contribution in [0.25, 0.3) is 0 Å². The predicted octanol–water partition coefficient (Wildman–Crippen LogP) is 4.09. The zero-order valence-electron chi connectivity index (χ0n) is 11.2. The molecule has 1 N–H and O–H groups in total. The van der Waals surface area contributed by atoms with Crippen molar-refractivity contribution in [1.29, 1.82) is 0 Å². The minimum Gasteiger partial charge on any atom is -0.392 e. The molecule has 0 radical (unpaired) electrons. The van der Waals surface area contributed by atoms with Crippen molar-refractivity contribution in [1.82, 2.24) is 0 Å². The van der Waals surface area contributed by atoms with E-state index in [0.29, 0.717) is 11.8 Å². The lowest BCUT2D eigenvalue weighted by molar-refractivity contribution is 0.0844. The standard InChI is InChI=1S/C16H26O/c1-12(2)16(17)15-10-8-14(9-11-15)13-6-4-3-5-7-13/h8-10,12-13,15-17H,3-7,11H2,1-2H3. The molecule has 2 atom stereocenters. The van der Waals surface area contributed by atoms with Crippen LogP contribution in [-0.2, 0) is 0 Å². The predicted molar refractivity (Wildman–Crippen MR) is 72.7 cm³/mol. The summed E-state index contributed by atoms with van der Waals surface area (Å²) in [4.78, 5) is 0. The third-order valence-electron chi connectivity index (χ3n) is 4.36. The highest BCUT2D eigenvalue weighted by Crippen LogP contribution is 2.34. The Labute approximate surface area is 106 Å². The fraction of sp³-hybridized carbons (Fsp3) is 0.750. The van der Waals surface area contributed by atoms with E-state index in [1.165, 1.54) is 37.7 Å². The van der Waals surface area contributed by atoms with Crippen molar-refractivity contribution in [3.63, 3.8) is 0 Å². The van der Waals surface area contributed by atoms with Gasteiger partial charge in [0, 0.05) is 5.92 Å². The van der Waals surface area contributed by atoms with Gasteiger partial charge in [0.05, 0.1) is 6.10 Å². The van der Waals surface area contributed by atoms with Crippen LogP contribution in [0.1, 0.15) is 52.4 Å². The van der Waals surface area contributed by atoms with Gasteiger partial charge in [-0.15, -0.1) is 0 Å². The summed E-state index contributed by atoms with van der Waals surface area (Å²) < 4.78 is 0. The molecule has 0 amide bonds. The second-order valence-electron chi connectivity index (χ2n) is 6.03. The van der Waals surface area contributed by atoms with Crippen LogP contribution >= 0.6 is 0 Å². The normalized spacial score (nSPS) is 28.2. The number of allylic oxidation sites excluding steroid dienone is 3. The maximum Gasteiger partial charge on any atom is 0.0628 e. The molecule has 0 bridgehead atoms. The van der Waals surface area contributed by atoms with Crippen LogP contribution in [0.2, 0.25) is 0 Å². The number of aliphatic hydroxyl groups excluding tert-OH is 1. The monoisotopic (exact) mass is 234 g/mol. The first-order chi connectivity index (χ1) is 8.18. The Kier molecular flexibility index (Phi) is 4.44. The fourth-order valence-electron chi connectivity index (χ4n) is 3.14. The van der Waals surface area contributed by atoms with Crippen LogP contribution < -0.4 is 0 Å². The van der Waals surface area contributed by atoms with Gasteiger partial charge >= 0.3 is 0 Å². The zero-order valence-corrected chi connectivity index (χ0v) is 11.2. The van der Waals surface area contributed by atoms with E-state index in [4.69, 9.17) is 0 Å².